The first kappa shape index (κ1) is 23.6. The molecule has 3 aromatic rings. The van der Waals surface area contributed by atoms with Crippen LogP contribution in [0, 0.1) is 0 Å². The zero-order valence-corrected chi connectivity index (χ0v) is 20.1. The molecule has 1 amide bonds. The van der Waals surface area contributed by atoms with Crippen molar-refractivity contribution in [2.75, 3.05) is 19.6 Å². The molecule has 1 fully saturated rings. The lowest BCUT2D eigenvalue weighted by Crippen LogP contribution is -2.47. The summed E-state index contributed by atoms with van der Waals surface area (Å²) in [7, 11) is 0. The van der Waals surface area contributed by atoms with E-state index in [-0.39, 0.29) is 17.7 Å². The second kappa shape index (κ2) is 10.2. The predicted molar refractivity (Wildman–Crippen MR) is 134 cm³/mol. The first-order valence-corrected chi connectivity index (χ1v) is 12.0. The number of carbonyl (C=O) groups excluding carboxylic acids is 1. The van der Waals surface area contributed by atoms with Crippen LogP contribution in [0.5, 0.6) is 5.75 Å². The first-order chi connectivity index (χ1) is 15.9. The topological polar surface area (TPSA) is 52.6 Å². The summed E-state index contributed by atoms with van der Waals surface area (Å²) in [4.78, 5) is 16.4. The Morgan fingerprint density at radius 3 is 2.03 bits per heavy atom. The third-order valence-electron chi connectivity index (χ3n) is 6.51. The Bertz CT molecular complexity index is 1050. The normalized spacial score (nSPS) is 15.4. The maximum Gasteiger partial charge on any atom is 0.235 e. The molecule has 1 aliphatic rings. The molecule has 1 saturated heterocycles. The summed E-state index contributed by atoms with van der Waals surface area (Å²) in [6.45, 7) is 4.63. The van der Waals surface area contributed by atoms with Crippen LogP contribution in [0.25, 0.3) is 0 Å². The van der Waals surface area contributed by atoms with Crippen molar-refractivity contribution in [3.63, 3.8) is 0 Å². The van der Waals surface area contributed by atoms with Gasteiger partial charge in [0.05, 0.1) is 11.5 Å². The van der Waals surface area contributed by atoms with E-state index in [0.29, 0.717) is 16.6 Å². The molecule has 1 atom stereocenters. The lowest BCUT2D eigenvalue weighted by atomic mass is 9.75. The Balaban J connectivity index is 1.71. The molecule has 1 heterocycles. The summed E-state index contributed by atoms with van der Waals surface area (Å²) < 4.78 is 0. The minimum absolute atomic E-state index is 0.125. The van der Waals surface area contributed by atoms with Crippen LogP contribution in [0.4, 0.5) is 0 Å². The lowest BCUT2D eigenvalue weighted by molar-refractivity contribution is -0.125. The first-order valence-electron chi connectivity index (χ1n) is 11.2. The van der Waals surface area contributed by atoms with Crippen LogP contribution in [-0.2, 0) is 10.2 Å². The molecule has 4 rings (SSSR count). The molecule has 4 nitrogen and oxygen atoms in total. The van der Waals surface area contributed by atoms with Crippen molar-refractivity contribution in [3.05, 3.63) is 99.5 Å². The van der Waals surface area contributed by atoms with Crippen LogP contribution in [0.15, 0.2) is 72.8 Å². The van der Waals surface area contributed by atoms with Gasteiger partial charge in [-0.25, -0.2) is 0 Å². The zero-order valence-electron chi connectivity index (χ0n) is 18.6. The van der Waals surface area contributed by atoms with Crippen LogP contribution < -0.4 is 5.32 Å². The quantitative estimate of drug-likeness (QED) is 0.436. The van der Waals surface area contributed by atoms with E-state index in [1.807, 2.05) is 43.3 Å². The van der Waals surface area contributed by atoms with E-state index in [1.54, 1.807) is 36.4 Å². The highest BCUT2D eigenvalue weighted by molar-refractivity contribution is 6.30. The van der Waals surface area contributed by atoms with Gasteiger partial charge in [0.15, 0.2) is 0 Å². The number of nitrogens with one attached hydrogen (secondary N) is 1. The van der Waals surface area contributed by atoms with Crippen molar-refractivity contribution >= 4 is 29.1 Å². The Morgan fingerprint density at radius 2 is 1.52 bits per heavy atom. The molecule has 6 heteroatoms. The van der Waals surface area contributed by atoms with E-state index in [0.717, 1.165) is 42.6 Å². The van der Waals surface area contributed by atoms with Gasteiger partial charge in [0.1, 0.15) is 5.75 Å². The second-order valence-electron chi connectivity index (χ2n) is 8.77. The summed E-state index contributed by atoms with van der Waals surface area (Å²) in [5, 5.41) is 14.6. The number of phenols is 1. The van der Waals surface area contributed by atoms with Gasteiger partial charge in [-0.1, -0.05) is 59.6 Å². The molecule has 2 N–H and O–H groups in total. The molecule has 0 spiro atoms. The lowest BCUT2D eigenvalue weighted by Gasteiger charge is -2.33. The maximum absolute atomic E-state index is 14.0. The average molecular weight is 483 g/mol. The number of hydrogen-bond acceptors (Lipinski definition) is 3. The molecule has 0 unspecified atom stereocenters. The average Bonchev–Trinajstić information content (AvgIpc) is 3.32. The van der Waals surface area contributed by atoms with Gasteiger partial charge in [-0.15, -0.1) is 0 Å². The van der Waals surface area contributed by atoms with Crippen molar-refractivity contribution < 1.29 is 9.90 Å². The third kappa shape index (κ3) is 5.35. The molecular formula is C27H28Cl2N2O2. The Morgan fingerprint density at radius 1 is 0.970 bits per heavy atom. The molecule has 3 aromatic carbocycles. The molecule has 1 aliphatic heterocycles. The maximum atomic E-state index is 14.0. The van der Waals surface area contributed by atoms with Crippen molar-refractivity contribution in [2.24, 2.45) is 0 Å². The second-order valence-corrected chi connectivity index (χ2v) is 9.64. The van der Waals surface area contributed by atoms with Gasteiger partial charge in [-0.05, 0) is 85.9 Å². The number of likely N-dealkylation sites (tertiary alicyclic amines) is 1. The molecular weight excluding hydrogens is 455 g/mol. The van der Waals surface area contributed by atoms with Gasteiger partial charge in [-0.2, -0.15) is 0 Å². The number of aromatic hydroxyl groups is 1. The molecule has 0 bridgehead atoms. The smallest absolute Gasteiger partial charge is 0.235 e. The van der Waals surface area contributed by atoms with Gasteiger partial charge in [0.2, 0.25) is 5.91 Å². The van der Waals surface area contributed by atoms with E-state index >= 15 is 0 Å². The number of hydrogen-bond donors (Lipinski definition) is 2. The van der Waals surface area contributed by atoms with Crippen molar-refractivity contribution in [1.29, 1.82) is 0 Å². The number of halogens is 2. The highest BCUT2D eigenvalue weighted by Gasteiger charge is 2.38. The molecule has 0 aromatic heterocycles. The van der Waals surface area contributed by atoms with Gasteiger partial charge < -0.3 is 15.3 Å². The van der Waals surface area contributed by atoms with Gasteiger partial charge in [0.25, 0.3) is 0 Å². The molecule has 0 saturated carbocycles. The van der Waals surface area contributed by atoms with Crippen LogP contribution >= 0.6 is 23.2 Å². The van der Waals surface area contributed by atoms with Crippen LogP contribution in [0.2, 0.25) is 10.0 Å². The summed E-state index contributed by atoms with van der Waals surface area (Å²) in [5.41, 5.74) is 1.59. The van der Waals surface area contributed by atoms with E-state index in [1.165, 1.54) is 0 Å². The van der Waals surface area contributed by atoms with Gasteiger partial charge in [0, 0.05) is 16.6 Å². The summed E-state index contributed by atoms with van der Waals surface area (Å²) >= 11 is 12.3. The summed E-state index contributed by atoms with van der Waals surface area (Å²) in [5.74, 6) is 0.0611. The number of amides is 1. The third-order valence-corrected chi connectivity index (χ3v) is 7.02. The number of benzene rings is 3. The van der Waals surface area contributed by atoms with Gasteiger partial charge in [-0.3, -0.25) is 4.79 Å². The fourth-order valence-corrected chi connectivity index (χ4v) is 4.75. The van der Waals surface area contributed by atoms with Crippen LogP contribution in [-0.4, -0.2) is 35.5 Å². The largest absolute Gasteiger partial charge is 0.508 e. The standard InChI is InChI=1S/C27H28Cl2N2O2/c1-27(20-7-11-22(28)12-8-20,21-9-13-23(29)14-10-21)26(33)30-25(18-31-15-2-3-16-31)19-5-4-6-24(32)17-19/h4-14,17,25,32H,2-3,15-16,18H2,1H3,(H,30,33)/t25-/m1/s1. The molecule has 172 valence electrons. The number of rotatable bonds is 7. The van der Waals surface area contributed by atoms with E-state index < -0.39 is 5.41 Å². The molecule has 0 radical (unpaired) electrons. The zero-order chi connectivity index (χ0) is 23.4. The Labute approximate surface area is 205 Å². The molecule has 33 heavy (non-hydrogen) atoms. The van der Waals surface area contributed by atoms with Gasteiger partial charge >= 0.3 is 0 Å². The predicted octanol–water partition coefficient (Wildman–Crippen LogP) is 5.96. The monoisotopic (exact) mass is 482 g/mol. The SMILES string of the molecule is CC(C(=O)N[C@H](CN1CCCC1)c1cccc(O)c1)(c1ccc(Cl)cc1)c1ccc(Cl)cc1. The van der Waals surface area contributed by atoms with Crippen molar-refractivity contribution in [3.8, 4) is 5.75 Å². The van der Waals surface area contributed by atoms with Crippen molar-refractivity contribution in [1.82, 2.24) is 10.2 Å². The fourth-order valence-electron chi connectivity index (χ4n) is 4.50. The van der Waals surface area contributed by atoms with E-state index in [9.17, 15) is 9.90 Å². The summed E-state index contributed by atoms with van der Waals surface area (Å²) in [6.07, 6.45) is 2.32. The highest BCUT2D eigenvalue weighted by atomic mass is 35.5. The number of carbonyl (C=O) groups is 1. The fraction of sp³-hybridized carbons (Fsp3) is 0.296. The van der Waals surface area contributed by atoms with Crippen LogP contribution in [0.3, 0.4) is 0 Å². The minimum Gasteiger partial charge on any atom is -0.508 e. The van der Waals surface area contributed by atoms with Crippen LogP contribution in [0.1, 0.15) is 42.5 Å². The molecule has 0 aliphatic carbocycles. The highest BCUT2D eigenvalue weighted by Crippen LogP contribution is 2.35. The van der Waals surface area contributed by atoms with E-state index in [2.05, 4.69) is 10.2 Å². The number of phenolic OH excluding ortho intramolecular Hbond substituents is 1. The number of nitrogens with zero attached hydrogens (tertiary/aromatic N) is 1. The Kier molecular flexibility index (Phi) is 7.28. The Hall–Kier alpha value is -2.53. The summed E-state index contributed by atoms with van der Waals surface area (Å²) in [6, 6.07) is 21.6. The minimum atomic E-state index is -0.963. The van der Waals surface area contributed by atoms with E-state index in [4.69, 9.17) is 23.2 Å². The van der Waals surface area contributed by atoms with Crippen molar-refractivity contribution in [2.45, 2.75) is 31.2 Å².